The van der Waals surface area contributed by atoms with E-state index in [4.69, 9.17) is 14.4 Å². The minimum absolute atomic E-state index is 0.253. The number of ether oxygens (including phenoxy) is 1. The van der Waals surface area contributed by atoms with Crippen LogP contribution in [-0.4, -0.2) is 28.5 Å². The van der Waals surface area contributed by atoms with Gasteiger partial charge in [0.05, 0.1) is 13.2 Å². The van der Waals surface area contributed by atoms with Crippen LogP contribution in [0.3, 0.4) is 0 Å². The first kappa shape index (κ1) is 9.25. The minimum Gasteiger partial charge on any atom is -0.479 e. The number of methoxy groups -OCH3 is 1. The third-order valence-corrected chi connectivity index (χ3v) is 1.67. The Morgan fingerprint density at radius 1 is 1.40 bits per heavy atom. The average Bonchev–Trinajstić information content (AvgIpc) is 2.86. The van der Waals surface area contributed by atoms with E-state index in [9.17, 15) is 4.79 Å². The summed E-state index contributed by atoms with van der Waals surface area (Å²) in [7, 11) is 1.44. The van der Waals surface area contributed by atoms with Crippen molar-refractivity contribution < 1.29 is 23.7 Å². The predicted molar refractivity (Wildman–Crippen MR) is 45.5 cm³/mol. The maximum Gasteiger partial charge on any atom is 0.374 e. The molecule has 7 nitrogen and oxygen atoms in total. The van der Waals surface area contributed by atoms with E-state index in [2.05, 4.69) is 14.8 Å². The molecule has 0 aromatic carbocycles. The summed E-state index contributed by atoms with van der Waals surface area (Å²) in [6, 6.07) is 2.71. The Bertz CT molecular complexity index is 487. The zero-order valence-electron chi connectivity index (χ0n) is 7.63. The topological polar surface area (TPSA) is 98.6 Å². The molecule has 2 aromatic rings. The Morgan fingerprint density at radius 3 is 2.73 bits per heavy atom. The van der Waals surface area contributed by atoms with Crippen molar-refractivity contribution in [2.24, 2.45) is 0 Å². The van der Waals surface area contributed by atoms with E-state index < -0.39 is 5.97 Å². The van der Waals surface area contributed by atoms with E-state index in [0.717, 1.165) is 0 Å². The third kappa shape index (κ3) is 1.66. The minimum atomic E-state index is -1.19. The van der Waals surface area contributed by atoms with E-state index in [1.807, 2.05) is 0 Å². The van der Waals surface area contributed by atoms with Crippen LogP contribution in [0.2, 0.25) is 0 Å². The number of nitrogens with zero attached hydrogens (tertiary/aromatic N) is 2. The Hall–Kier alpha value is -2.31. The molecule has 0 radical (unpaired) electrons. The van der Waals surface area contributed by atoms with Crippen molar-refractivity contribution in [3.8, 4) is 17.3 Å². The summed E-state index contributed by atoms with van der Waals surface area (Å²) >= 11 is 0. The van der Waals surface area contributed by atoms with Gasteiger partial charge in [-0.05, 0) is 5.16 Å². The first-order valence-electron chi connectivity index (χ1n) is 3.92. The number of aromatic nitrogens is 2. The van der Waals surface area contributed by atoms with Crippen LogP contribution in [0, 0.1) is 0 Å². The summed E-state index contributed by atoms with van der Waals surface area (Å²) in [4.78, 5) is 10.5. The molecule has 0 aliphatic rings. The second-order valence-corrected chi connectivity index (χ2v) is 2.62. The van der Waals surface area contributed by atoms with Crippen LogP contribution in [0.5, 0.6) is 5.88 Å². The third-order valence-electron chi connectivity index (χ3n) is 1.67. The zero-order chi connectivity index (χ0) is 10.8. The van der Waals surface area contributed by atoms with E-state index in [0.29, 0.717) is 0 Å². The quantitative estimate of drug-likeness (QED) is 0.807. The molecule has 78 valence electrons. The number of carbonyl (C=O) groups is 1. The standard InChI is InChI=1S/C8H6N2O5/c1-13-7-3-5(14-10-7)4-2-6(8(11)12)15-9-4/h2-3H,1H3,(H,11,12). The van der Waals surface area contributed by atoms with Crippen LogP contribution in [0.4, 0.5) is 0 Å². The Morgan fingerprint density at radius 2 is 2.20 bits per heavy atom. The van der Waals surface area contributed by atoms with Crippen molar-refractivity contribution in [2.75, 3.05) is 7.11 Å². The van der Waals surface area contributed by atoms with Gasteiger partial charge in [0.2, 0.25) is 5.76 Å². The zero-order valence-corrected chi connectivity index (χ0v) is 7.63. The lowest BCUT2D eigenvalue weighted by Crippen LogP contribution is -1.91. The number of rotatable bonds is 3. The molecule has 1 N–H and O–H groups in total. The summed E-state index contributed by atoms with van der Waals surface area (Å²) in [5.74, 6) is -0.895. The van der Waals surface area contributed by atoms with Gasteiger partial charge in [0, 0.05) is 6.07 Å². The van der Waals surface area contributed by atoms with Gasteiger partial charge in [0.15, 0.2) is 11.5 Å². The van der Waals surface area contributed by atoms with Crippen molar-refractivity contribution in [1.29, 1.82) is 0 Å². The van der Waals surface area contributed by atoms with Crippen molar-refractivity contribution in [2.45, 2.75) is 0 Å². The summed E-state index contributed by atoms with van der Waals surface area (Å²) in [6.07, 6.45) is 0. The summed E-state index contributed by atoms with van der Waals surface area (Å²) in [6.45, 7) is 0. The first-order chi connectivity index (χ1) is 7.20. The second kappa shape index (κ2) is 3.45. The highest BCUT2D eigenvalue weighted by Crippen LogP contribution is 2.22. The van der Waals surface area contributed by atoms with E-state index in [-0.39, 0.29) is 23.1 Å². The molecule has 15 heavy (non-hydrogen) atoms. The molecule has 2 heterocycles. The lowest BCUT2D eigenvalue weighted by Gasteiger charge is -1.83. The molecule has 2 rings (SSSR count). The van der Waals surface area contributed by atoms with Gasteiger partial charge in [-0.2, -0.15) is 0 Å². The Labute approximate surface area is 83.2 Å². The number of hydrogen-bond donors (Lipinski definition) is 1. The Balaban J connectivity index is 2.32. The van der Waals surface area contributed by atoms with E-state index >= 15 is 0 Å². The Kier molecular flexibility index (Phi) is 2.13. The van der Waals surface area contributed by atoms with Crippen LogP contribution in [0.25, 0.3) is 11.5 Å². The monoisotopic (exact) mass is 210 g/mol. The fraction of sp³-hybridized carbons (Fsp3) is 0.125. The smallest absolute Gasteiger partial charge is 0.374 e. The largest absolute Gasteiger partial charge is 0.479 e. The molecule has 0 spiro atoms. The number of carboxylic acids is 1. The maximum absolute atomic E-state index is 10.5. The highest BCUT2D eigenvalue weighted by molar-refractivity contribution is 5.85. The molecule has 0 saturated heterocycles. The van der Waals surface area contributed by atoms with E-state index in [1.165, 1.54) is 19.2 Å². The lowest BCUT2D eigenvalue weighted by atomic mass is 10.3. The highest BCUT2D eigenvalue weighted by Gasteiger charge is 2.15. The number of carboxylic acid groups (broad SMARTS) is 1. The molecule has 0 fully saturated rings. The van der Waals surface area contributed by atoms with Crippen LogP contribution >= 0.6 is 0 Å². The molecular formula is C8H6N2O5. The molecule has 0 unspecified atom stereocenters. The van der Waals surface area contributed by atoms with Crippen molar-refractivity contribution >= 4 is 5.97 Å². The normalized spacial score (nSPS) is 10.2. The van der Waals surface area contributed by atoms with Gasteiger partial charge in [0.1, 0.15) is 0 Å². The van der Waals surface area contributed by atoms with Gasteiger partial charge in [-0.25, -0.2) is 4.79 Å². The van der Waals surface area contributed by atoms with Crippen molar-refractivity contribution in [1.82, 2.24) is 10.3 Å². The predicted octanol–water partition coefficient (Wildman–Crippen LogP) is 1.04. The van der Waals surface area contributed by atoms with Gasteiger partial charge in [-0.1, -0.05) is 5.16 Å². The SMILES string of the molecule is COc1cc(-c2cc(C(=O)O)on2)on1. The van der Waals surface area contributed by atoms with Crippen molar-refractivity contribution in [3.63, 3.8) is 0 Å². The highest BCUT2D eigenvalue weighted by atomic mass is 16.5. The van der Waals surface area contributed by atoms with Crippen LogP contribution in [-0.2, 0) is 0 Å². The number of hydrogen-bond acceptors (Lipinski definition) is 6. The molecule has 7 heteroatoms. The second-order valence-electron chi connectivity index (χ2n) is 2.62. The summed E-state index contributed by atoms with van der Waals surface area (Å²) in [5, 5.41) is 15.6. The summed E-state index contributed by atoms with van der Waals surface area (Å²) in [5.41, 5.74) is 0.253. The average molecular weight is 210 g/mol. The maximum atomic E-state index is 10.5. The van der Waals surface area contributed by atoms with Crippen molar-refractivity contribution in [3.05, 3.63) is 17.9 Å². The molecule has 0 amide bonds. The lowest BCUT2D eigenvalue weighted by molar-refractivity contribution is 0.0652. The van der Waals surface area contributed by atoms with E-state index in [1.54, 1.807) is 0 Å². The van der Waals surface area contributed by atoms with Gasteiger partial charge in [-0.3, -0.25) is 0 Å². The molecular weight excluding hydrogens is 204 g/mol. The summed E-state index contributed by atoms with van der Waals surface area (Å²) < 4.78 is 14.2. The fourth-order valence-electron chi connectivity index (χ4n) is 0.968. The molecule has 0 atom stereocenters. The molecule has 2 aromatic heterocycles. The molecule has 0 aliphatic heterocycles. The molecule has 0 saturated carbocycles. The van der Waals surface area contributed by atoms with Gasteiger partial charge < -0.3 is 18.9 Å². The fourth-order valence-corrected chi connectivity index (χ4v) is 0.968. The van der Waals surface area contributed by atoms with Crippen LogP contribution in [0.15, 0.2) is 21.2 Å². The van der Waals surface area contributed by atoms with Gasteiger partial charge >= 0.3 is 5.97 Å². The molecule has 0 bridgehead atoms. The first-order valence-corrected chi connectivity index (χ1v) is 3.92. The van der Waals surface area contributed by atoms with Crippen LogP contribution < -0.4 is 4.74 Å². The molecule has 0 aliphatic carbocycles. The number of aromatic carboxylic acids is 1. The van der Waals surface area contributed by atoms with Gasteiger partial charge in [-0.15, -0.1) is 0 Å². The van der Waals surface area contributed by atoms with Crippen LogP contribution in [0.1, 0.15) is 10.6 Å². The van der Waals surface area contributed by atoms with Gasteiger partial charge in [0.25, 0.3) is 5.88 Å².